The molecule has 224 valence electrons. The molecule has 0 bridgehead atoms. The first kappa shape index (κ1) is 31.7. The largest absolute Gasteiger partial charge is 0.480 e. The van der Waals surface area contributed by atoms with Gasteiger partial charge in [-0.1, -0.05) is 18.2 Å². The number of aliphatic carboxylic acids is 1. The predicted octanol–water partition coefficient (Wildman–Crippen LogP) is -0.110. The van der Waals surface area contributed by atoms with Gasteiger partial charge in [-0.3, -0.25) is 19.4 Å². The van der Waals surface area contributed by atoms with Gasteiger partial charge in [-0.05, 0) is 62.2 Å². The number of guanidine groups is 1. The average molecular weight is 589 g/mol. The Bertz CT molecular complexity index is 1250. The second-order valence-corrected chi connectivity index (χ2v) is 11.0. The van der Waals surface area contributed by atoms with Gasteiger partial charge in [0.1, 0.15) is 18.1 Å². The summed E-state index contributed by atoms with van der Waals surface area (Å²) in [7, 11) is 0. The molecule has 3 rings (SSSR count). The van der Waals surface area contributed by atoms with Gasteiger partial charge in [0.05, 0.1) is 6.04 Å². The Morgan fingerprint density at radius 2 is 1.93 bits per heavy atom. The SMILES string of the molecule is CSCCC(NC(=O)C1CCCN1C(=O)C(N)Cc1c[nH]c2ccccc12)C(=O)NC(CCCN=C(N)N)C(=O)O. The van der Waals surface area contributed by atoms with Gasteiger partial charge in [0.15, 0.2) is 5.96 Å². The molecular formula is C27H40N8O5S. The van der Waals surface area contributed by atoms with E-state index in [1.807, 2.05) is 36.7 Å². The van der Waals surface area contributed by atoms with Crippen molar-refractivity contribution in [2.75, 3.05) is 25.1 Å². The fourth-order valence-electron chi connectivity index (χ4n) is 4.95. The van der Waals surface area contributed by atoms with Crippen molar-refractivity contribution < 1.29 is 24.3 Å². The number of carbonyl (C=O) groups is 4. The minimum absolute atomic E-state index is 0.0980. The summed E-state index contributed by atoms with van der Waals surface area (Å²) in [5, 5.41) is 15.9. The third-order valence-electron chi connectivity index (χ3n) is 7.07. The van der Waals surface area contributed by atoms with Crippen LogP contribution < -0.4 is 27.8 Å². The lowest BCUT2D eigenvalue weighted by Gasteiger charge is -2.28. The van der Waals surface area contributed by atoms with Gasteiger partial charge < -0.3 is 42.8 Å². The molecule has 3 amide bonds. The molecule has 2 aromatic rings. The maximum atomic E-state index is 13.4. The van der Waals surface area contributed by atoms with Gasteiger partial charge in [0.25, 0.3) is 0 Å². The minimum Gasteiger partial charge on any atom is -0.480 e. The number of thioether (sulfide) groups is 1. The van der Waals surface area contributed by atoms with Crippen LogP contribution in [0.25, 0.3) is 10.9 Å². The third-order valence-corrected chi connectivity index (χ3v) is 7.72. The Kier molecular flexibility index (Phi) is 11.8. The molecule has 2 heterocycles. The number of para-hydroxylation sites is 1. The number of benzene rings is 1. The number of carboxylic acid groups (broad SMARTS) is 1. The van der Waals surface area contributed by atoms with Crippen LogP contribution >= 0.6 is 11.8 Å². The first-order valence-corrected chi connectivity index (χ1v) is 15.0. The second-order valence-electron chi connectivity index (χ2n) is 10.1. The van der Waals surface area contributed by atoms with Gasteiger partial charge in [-0.15, -0.1) is 0 Å². The topological polar surface area (TPSA) is 222 Å². The van der Waals surface area contributed by atoms with Crippen LogP contribution in [0.5, 0.6) is 0 Å². The fraction of sp³-hybridized carbons (Fsp3) is 0.519. The van der Waals surface area contributed by atoms with E-state index in [1.165, 1.54) is 16.7 Å². The zero-order valence-electron chi connectivity index (χ0n) is 23.2. The number of hydrogen-bond donors (Lipinski definition) is 7. The van der Waals surface area contributed by atoms with Crippen molar-refractivity contribution in [1.29, 1.82) is 0 Å². The molecule has 10 N–H and O–H groups in total. The van der Waals surface area contributed by atoms with E-state index >= 15 is 0 Å². The van der Waals surface area contributed by atoms with Crippen molar-refractivity contribution in [3.05, 3.63) is 36.0 Å². The maximum Gasteiger partial charge on any atom is 0.326 e. The van der Waals surface area contributed by atoms with Gasteiger partial charge >= 0.3 is 5.97 Å². The van der Waals surface area contributed by atoms with E-state index in [9.17, 15) is 24.3 Å². The van der Waals surface area contributed by atoms with E-state index in [4.69, 9.17) is 17.2 Å². The lowest BCUT2D eigenvalue weighted by Crippen LogP contribution is -2.56. The number of rotatable bonds is 15. The fourth-order valence-corrected chi connectivity index (χ4v) is 5.42. The molecule has 41 heavy (non-hydrogen) atoms. The van der Waals surface area contributed by atoms with Crippen molar-refractivity contribution in [2.24, 2.45) is 22.2 Å². The lowest BCUT2D eigenvalue weighted by molar-refractivity contribution is -0.143. The molecule has 0 saturated carbocycles. The number of carbonyl (C=O) groups excluding carboxylic acids is 3. The summed E-state index contributed by atoms with van der Waals surface area (Å²) in [4.78, 5) is 60.0. The van der Waals surface area contributed by atoms with Crippen LogP contribution in [-0.2, 0) is 25.6 Å². The van der Waals surface area contributed by atoms with Crippen molar-refractivity contribution >= 4 is 52.3 Å². The Hall–Kier alpha value is -3.78. The van der Waals surface area contributed by atoms with Crippen LogP contribution in [0.4, 0.5) is 0 Å². The number of aromatic amines is 1. The van der Waals surface area contributed by atoms with Crippen molar-refractivity contribution in [3.8, 4) is 0 Å². The van der Waals surface area contributed by atoms with Crippen molar-refractivity contribution in [3.63, 3.8) is 0 Å². The molecular weight excluding hydrogens is 548 g/mol. The lowest BCUT2D eigenvalue weighted by atomic mass is 10.0. The quantitative estimate of drug-likeness (QED) is 0.0836. The average Bonchev–Trinajstić information content (AvgIpc) is 3.59. The van der Waals surface area contributed by atoms with Gasteiger partial charge in [-0.25, -0.2) is 4.79 Å². The summed E-state index contributed by atoms with van der Waals surface area (Å²) in [6.07, 6.45) is 5.83. The molecule has 13 nitrogen and oxygen atoms in total. The number of likely N-dealkylation sites (tertiary alicyclic amines) is 1. The smallest absolute Gasteiger partial charge is 0.326 e. The molecule has 1 fully saturated rings. The summed E-state index contributed by atoms with van der Waals surface area (Å²) < 4.78 is 0. The Balaban J connectivity index is 1.63. The van der Waals surface area contributed by atoms with Crippen LogP contribution in [0.15, 0.2) is 35.5 Å². The number of carboxylic acids is 1. The molecule has 14 heteroatoms. The third kappa shape index (κ3) is 8.85. The van der Waals surface area contributed by atoms with Crippen LogP contribution in [0.1, 0.15) is 37.7 Å². The van der Waals surface area contributed by atoms with E-state index in [1.54, 1.807) is 0 Å². The van der Waals surface area contributed by atoms with E-state index in [0.29, 0.717) is 44.4 Å². The van der Waals surface area contributed by atoms with E-state index < -0.39 is 42.0 Å². The van der Waals surface area contributed by atoms with Crippen molar-refractivity contribution in [2.45, 2.75) is 62.7 Å². The number of aliphatic imine (C=N–C) groups is 1. The number of aromatic nitrogens is 1. The van der Waals surface area contributed by atoms with E-state index in [2.05, 4.69) is 20.6 Å². The number of fused-ring (bicyclic) bond motifs is 1. The van der Waals surface area contributed by atoms with Gasteiger partial charge in [-0.2, -0.15) is 11.8 Å². The second kappa shape index (κ2) is 15.3. The summed E-state index contributed by atoms with van der Waals surface area (Å²) in [6.45, 7) is 0.611. The summed E-state index contributed by atoms with van der Waals surface area (Å²) >= 11 is 1.49. The molecule has 1 aromatic carbocycles. The minimum atomic E-state index is -1.20. The first-order chi connectivity index (χ1) is 19.6. The summed E-state index contributed by atoms with van der Waals surface area (Å²) in [5.74, 6) is -2.13. The molecule has 0 aliphatic carbocycles. The predicted molar refractivity (Wildman–Crippen MR) is 159 cm³/mol. The molecule has 1 aliphatic heterocycles. The Morgan fingerprint density at radius 1 is 1.17 bits per heavy atom. The summed E-state index contributed by atoms with van der Waals surface area (Å²) in [6, 6.07) is 4.01. The highest BCUT2D eigenvalue weighted by molar-refractivity contribution is 7.98. The van der Waals surface area contributed by atoms with E-state index in [-0.39, 0.29) is 24.8 Å². The summed E-state index contributed by atoms with van der Waals surface area (Å²) in [5.41, 5.74) is 18.8. The molecule has 0 radical (unpaired) electrons. The number of H-pyrrole nitrogens is 1. The van der Waals surface area contributed by atoms with Crippen molar-refractivity contribution in [1.82, 2.24) is 20.5 Å². The normalized spacial score (nSPS) is 17.0. The van der Waals surface area contributed by atoms with Gasteiger partial charge in [0, 0.05) is 30.2 Å². The molecule has 4 atom stereocenters. The van der Waals surface area contributed by atoms with Gasteiger partial charge in [0.2, 0.25) is 17.7 Å². The Labute approximate surface area is 243 Å². The Morgan fingerprint density at radius 3 is 2.63 bits per heavy atom. The van der Waals surface area contributed by atoms with Crippen LogP contribution in [0.3, 0.4) is 0 Å². The highest BCUT2D eigenvalue weighted by Gasteiger charge is 2.38. The molecule has 1 aliphatic rings. The monoisotopic (exact) mass is 588 g/mol. The molecule has 4 unspecified atom stereocenters. The number of hydrogen-bond acceptors (Lipinski definition) is 7. The number of nitrogens with one attached hydrogen (secondary N) is 3. The van der Waals surface area contributed by atoms with Crippen LogP contribution in [0, 0.1) is 0 Å². The van der Waals surface area contributed by atoms with Crippen LogP contribution in [0.2, 0.25) is 0 Å². The zero-order chi connectivity index (χ0) is 29.9. The number of amides is 3. The van der Waals surface area contributed by atoms with Crippen LogP contribution in [-0.4, -0.2) is 93.9 Å². The molecule has 0 spiro atoms. The van der Waals surface area contributed by atoms with E-state index in [0.717, 1.165) is 16.5 Å². The highest BCUT2D eigenvalue weighted by atomic mass is 32.2. The molecule has 1 aromatic heterocycles. The first-order valence-electron chi connectivity index (χ1n) is 13.6. The number of nitrogens with zero attached hydrogens (tertiary/aromatic N) is 2. The highest BCUT2D eigenvalue weighted by Crippen LogP contribution is 2.22. The number of nitrogens with two attached hydrogens (primary N) is 3. The zero-order valence-corrected chi connectivity index (χ0v) is 24.0. The standard InChI is InChI=1S/C27H40N8O5S/c1-41-13-10-20(23(36)34-21(26(39)40)8-4-11-31-27(29)30)33-24(37)22-9-5-12-35(22)25(38)18(28)14-16-15-32-19-7-3-2-6-17(16)19/h2-3,6-7,15,18,20-22,32H,4-5,8-14,28H2,1H3,(H,33,37)(H,34,36)(H,39,40)(H4,29,30,31). The maximum absolute atomic E-state index is 13.4. The molecule has 1 saturated heterocycles.